The Morgan fingerprint density at radius 2 is 1.65 bits per heavy atom. The Morgan fingerprint density at radius 3 is 2.29 bits per heavy atom. The molecule has 5 nitrogen and oxygen atoms in total. The third-order valence-electron chi connectivity index (χ3n) is 4.65. The molecule has 0 heterocycles. The van der Waals surface area contributed by atoms with Crippen molar-refractivity contribution in [3.05, 3.63) is 108 Å². The van der Waals surface area contributed by atoms with Gasteiger partial charge in [-0.25, -0.2) is 12.8 Å². The highest BCUT2D eigenvalue weighted by molar-refractivity contribution is 7.92. The van der Waals surface area contributed by atoms with Gasteiger partial charge in [0.25, 0.3) is 15.9 Å². The zero-order valence-electron chi connectivity index (χ0n) is 16.9. The van der Waals surface area contributed by atoms with E-state index in [1.54, 1.807) is 30.3 Å². The molecule has 0 atom stereocenters. The normalized spacial score (nSPS) is 11.0. The van der Waals surface area contributed by atoms with Gasteiger partial charge < -0.3 is 5.32 Å². The van der Waals surface area contributed by atoms with E-state index in [1.165, 1.54) is 6.08 Å². The molecule has 3 aromatic carbocycles. The number of benzene rings is 3. The van der Waals surface area contributed by atoms with Crippen LogP contribution in [0.3, 0.4) is 0 Å². The third kappa shape index (κ3) is 5.38. The molecule has 0 spiro atoms. The van der Waals surface area contributed by atoms with E-state index in [1.807, 2.05) is 30.3 Å². The average molecular weight is 439 g/mol. The summed E-state index contributed by atoms with van der Waals surface area (Å²) in [6.45, 7) is 3.95. The van der Waals surface area contributed by atoms with Crippen LogP contribution in [0, 0.1) is 5.82 Å². The van der Waals surface area contributed by atoms with Gasteiger partial charge in [-0.2, -0.15) is 0 Å². The lowest BCUT2D eigenvalue weighted by Gasteiger charge is -2.23. The predicted molar refractivity (Wildman–Crippen MR) is 120 cm³/mol. The van der Waals surface area contributed by atoms with Gasteiger partial charge in [0.05, 0.1) is 22.7 Å². The number of nitrogens with one attached hydrogen (secondary N) is 1. The van der Waals surface area contributed by atoms with Crippen LogP contribution in [0.2, 0.25) is 0 Å². The molecule has 0 fully saturated rings. The summed E-state index contributed by atoms with van der Waals surface area (Å²) in [6.07, 6.45) is 2.04. The van der Waals surface area contributed by atoms with Gasteiger partial charge in [0.1, 0.15) is 5.82 Å². The van der Waals surface area contributed by atoms with Crippen LogP contribution >= 0.6 is 0 Å². The Balaban J connectivity index is 1.83. The molecule has 3 rings (SSSR count). The molecule has 0 unspecified atom stereocenters. The van der Waals surface area contributed by atoms with Crippen molar-refractivity contribution in [2.75, 3.05) is 17.4 Å². The highest BCUT2D eigenvalue weighted by atomic mass is 32.2. The second-order valence-electron chi connectivity index (χ2n) is 6.79. The lowest BCUT2D eigenvalue weighted by Crippen LogP contribution is -2.32. The molecule has 0 bridgehead atoms. The van der Waals surface area contributed by atoms with Crippen LogP contribution in [0.1, 0.15) is 15.9 Å². The van der Waals surface area contributed by atoms with E-state index in [4.69, 9.17) is 0 Å². The van der Waals surface area contributed by atoms with Gasteiger partial charge in [0.15, 0.2) is 0 Å². The molecule has 160 valence electrons. The van der Waals surface area contributed by atoms with Crippen LogP contribution in [0.15, 0.2) is 96.4 Å². The fraction of sp³-hybridized carbons (Fsp3) is 0.125. The second-order valence-corrected chi connectivity index (χ2v) is 8.66. The molecule has 31 heavy (non-hydrogen) atoms. The van der Waals surface area contributed by atoms with Crippen LogP contribution in [0.4, 0.5) is 10.1 Å². The lowest BCUT2D eigenvalue weighted by atomic mass is 10.1. The highest BCUT2D eigenvalue weighted by Crippen LogP contribution is 2.25. The zero-order valence-corrected chi connectivity index (χ0v) is 17.7. The summed E-state index contributed by atoms with van der Waals surface area (Å²) in [6, 6.07) is 21.3. The number of anilines is 1. The van der Waals surface area contributed by atoms with E-state index in [0.29, 0.717) is 18.7 Å². The van der Waals surface area contributed by atoms with Crippen molar-refractivity contribution in [2.45, 2.75) is 11.3 Å². The van der Waals surface area contributed by atoms with Crippen LogP contribution < -0.4 is 9.62 Å². The molecule has 0 aliphatic carbocycles. The molecule has 0 aliphatic rings. The van der Waals surface area contributed by atoms with Crippen LogP contribution in [0.5, 0.6) is 0 Å². The molecule has 0 radical (unpaired) electrons. The quantitative estimate of drug-likeness (QED) is 0.510. The molecule has 0 aliphatic heterocycles. The number of hydrogen-bond acceptors (Lipinski definition) is 3. The van der Waals surface area contributed by atoms with Crippen molar-refractivity contribution in [1.29, 1.82) is 0 Å². The summed E-state index contributed by atoms with van der Waals surface area (Å²) < 4.78 is 42.0. The molecule has 3 aromatic rings. The van der Waals surface area contributed by atoms with E-state index in [0.717, 1.165) is 28.1 Å². The summed E-state index contributed by atoms with van der Waals surface area (Å²) >= 11 is 0. The number of nitrogens with zero attached hydrogens (tertiary/aromatic N) is 1. The maximum absolute atomic E-state index is 14.3. The van der Waals surface area contributed by atoms with E-state index in [-0.39, 0.29) is 17.0 Å². The number of hydrogen-bond donors (Lipinski definition) is 1. The Morgan fingerprint density at radius 1 is 1.00 bits per heavy atom. The van der Waals surface area contributed by atoms with E-state index < -0.39 is 21.7 Å². The first-order chi connectivity index (χ1) is 14.9. The van der Waals surface area contributed by atoms with E-state index in [2.05, 4.69) is 11.9 Å². The third-order valence-corrected chi connectivity index (χ3v) is 6.44. The van der Waals surface area contributed by atoms with E-state index >= 15 is 0 Å². The second kappa shape index (κ2) is 10.0. The fourth-order valence-corrected chi connectivity index (χ4v) is 4.54. The predicted octanol–water partition coefficient (Wildman–Crippen LogP) is 4.18. The Kier molecular flexibility index (Phi) is 7.20. The Labute approximate surface area is 181 Å². The minimum atomic E-state index is -4.04. The summed E-state index contributed by atoms with van der Waals surface area (Å²) in [5, 5.41) is 2.65. The maximum atomic E-state index is 14.3. The van der Waals surface area contributed by atoms with E-state index in [9.17, 15) is 17.6 Å². The first-order valence-electron chi connectivity index (χ1n) is 9.74. The summed E-state index contributed by atoms with van der Waals surface area (Å²) in [5.74, 6) is -1.45. The SMILES string of the molecule is C=CCN(c1ccccc1)S(=O)(=O)c1ccc(F)c(C(=O)NCCc2ccccc2)c1. The highest BCUT2D eigenvalue weighted by Gasteiger charge is 2.26. The van der Waals surface area contributed by atoms with Gasteiger partial charge in [-0.3, -0.25) is 9.10 Å². The number of amides is 1. The lowest BCUT2D eigenvalue weighted by molar-refractivity contribution is 0.0950. The number of sulfonamides is 1. The summed E-state index contributed by atoms with van der Waals surface area (Å²) in [5.41, 5.74) is 1.16. The van der Waals surface area contributed by atoms with Crippen molar-refractivity contribution in [1.82, 2.24) is 5.32 Å². The molecule has 1 N–H and O–H groups in total. The smallest absolute Gasteiger partial charge is 0.264 e. The number of halogens is 1. The first kappa shape index (κ1) is 22.2. The maximum Gasteiger partial charge on any atom is 0.264 e. The topological polar surface area (TPSA) is 66.5 Å². The van der Waals surface area contributed by atoms with Crippen molar-refractivity contribution < 1.29 is 17.6 Å². The van der Waals surface area contributed by atoms with Gasteiger partial charge in [0.2, 0.25) is 0 Å². The van der Waals surface area contributed by atoms with Gasteiger partial charge >= 0.3 is 0 Å². The number of carbonyl (C=O) groups excluding carboxylic acids is 1. The van der Waals surface area contributed by atoms with Crippen LogP contribution in [-0.2, 0) is 16.4 Å². The number of carbonyl (C=O) groups is 1. The van der Waals surface area contributed by atoms with Crippen molar-refractivity contribution >= 4 is 21.6 Å². The number of para-hydroxylation sites is 1. The summed E-state index contributed by atoms with van der Waals surface area (Å²) in [4.78, 5) is 12.4. The Hall–Kier alpha value is -3.45. The molecule has 1 amide bonds. The Bertz CT molecular complexity index is 1150. The van der Waals surface area contributed by atoms with Gasteiger partial charge in [-0.15, -0.1) is 6.58 Å². The molecular weight excluding hydrogens is 415 g/mol. The standard InChI is InChI=1S/C24H23FN2O3S/c1-2-17-27(20-11-7-4-8-12-20)31(29,30)21-13-14-23(25)22(18-21)24(28)26-16-15-19-9-5-3-6-10-19/h2-14,18H,1,15-17H2,(H,26,28). The van der Waals surface area contributed by atoms with Crippen LogP contribution in [0.25, 0.3) is 0 Å². The van der Waals surface area contributed by atoms with Crippen molar-refractivity contribution in [3.63, 3.8) is 0 Å². The van der Waals surface area contributed by atoms with Gasteiger partial charge in [0, 0.05) is 6.54 Å². The monoisotopic (exact) mass is 438 g/mol. The number of rotatable bonds is 9. The molecule has 0 aromatic heterocycles. The average Bonchev–Trinajstić information content (AvgIpc) is 2.78. The molecule has 7 heteroatoms. The largest absolute Gasteiger partial charge is 0.352 e. The molecule has 0 saturated carbocycles. The molecule has 0 saturated heterocycles. The fourth-order valence-electron chi connectivity index (χ4n) is 3.08. The van der Waals surface area contributed by atoms with Crippen LogP contribution in [-0.4, -0.2) is 27.4 Å². The summed E-state index contributed by atoms with van der Waals surface area (Å²) in [7, 11) is -4.04. The molecular formula is C24H23FN2O3S. The van der Waals surface area contributed by atoms with Crippen molar-refractivity contribution in [2.24, 2.45) is 0 Å². The van der Waals surface area contributed by atoms with Gasteiger partial charge in [-0.05, 0) is 42.3 Å². The first-order valence-corrected chi connectivity index (χ1v) is 11.2. The van der Waals surface area contributed by atoms with Crippen molar-refractivity contribution in [3.8, 4) is 0 Å². The zero-order chi connectivity index (χ0) is 22.3. The van der Waals surface area contributed by atoms with Gasteiger partial charge in [-0.1, -0.05) is 54.6 Å². The minimum Gasteiger partial charge on any atom is -0.352 e. The minimum absolute atomic E-state index is 0.0301.